The van der Waals surface area contributed by atoms with Crippen LogP contribution in [0.25, 0.3) is 17.2 Å². The van der Waals surface area contributed by atoms with Gasteiger partial charge in [0.15, 0.2) is 0 Å². The highest BCUT2D eigenvalue weighted by molar-refractivity contribution is 6.05. The summed E-state index contributed by atoms with van der Waals surface area (Å²) < 4.78 is 0. The van der Waals surface area contributed by atoms with E-state index in [0.29, 0.717) is 36.5 Å². The molecule has 0 bridgehead atoms. The lowest BCUT2D eigenvalue weighted by Crippen LogP contribution is -2.34. The highest BCUT2D eigenvalue weighted by Crippen LogP contribution is 2.33. The van der Waals surface area contributed by atoms with Crippen molar-refractivity contribution in [1.29, 1.82) is 0 Å². The third-order valence-corrected chi connectivity index (χ3v) is 7.81. The Morgan fingerprint density at radius 1 is 0.951 bits per heavy atom. The number of carbonyl (C=O) groups excluding carboxylic acids is 2. The molecule has 41 heavy (non-hydrogen) atoms. The first-order valence-corrected chi connectivity index (χ1v) is 14.5. The van der Waals surface area contributed by atoms with Crippen molar-refractivity contribution in [2.24, 2.45) is 10.7 Å². The van der Waals surface area contributed by atoms with E-state index in [-0.39, 0.29) is 17.7 Å². The van der Waals surface area contributed by atoms with E-state index in [4.69, 9.17) is 5.73 Å². The van der Waals surface area contributed by atoms with Crippen LogP contribution in [0.4, 0.5) is 5.69 Å². The molecule has 0 aliphatic carbocycles. The van der Waals surface area contributed by atoms with Crippen LogP contribution in [0.3, 0.4) is 0 Å². The van der Waals surface area contributed by atoms with Crippen LogP contribution in [0.5, 0.6) is 0 Å². The quantitative estimate of drug-likeness (QED) is 0.393. The number of hydrogen-bond acceptors (Lipinski definition) is 5. The van der Waals surface area contributed by atoms with Crippen LogP contribution < -0.4 is 5.73 Å². The van der Waals surface area contributed by atoms with Crippen molar-refractivity contribution < 1.29 is 14.7 Å². The summed E-state index contributed by atoms with van der Waals surface area (Å²) in [5.74, 6) is 0.259. The minimum absolute atomic E-state index is 0.0182. The van der Waals surface area contributed by atoms with E-state index >= 15 is 0 Å². The molecule has 2 aliphatic rings. The molecule has 7 heteroatoms. The van der Waals surface area contributed by atoms with Crippen molar-refractivity contribution in [3.05, 3.63) is 95.1 Å². The molecule has 7 nitrogen and oxygen atoms in total. The molecule has 2 heterocycles. The van der Waals surface area contributed by atoms with Gasteiger partial charge in [0.2, 0.25) is 5.91 Å². The molecular formula is C34H38N4O3. The molecule has 1 fully saturated rings. The number of hydrogen-bond donors (Lipinski definition) is 2. The summed E-state index contributed by atoms with van der Waals surface area (Å²) in [6.45, 7) is 6.39. The van der Waals surface area contributed by atoms with Crippen molar-refractivity contribution in [2.75, 3.05) is 26.2 Å². The smallest absolute Gasteiger partial charge is 0.253 e. The summed E-state index contributed by atoms with van der Waals surface area (Å²) in [5, 5.41) is 10.6. The van der Waals surface area contributed by atoms with Gasteiger partial charge in [-0.2, -0.15) is 0 Å². The summed E-state index contributed by atoms with van der Waals surface area (Å²) in [5.41, 5.74) is 12.0. The van der Waals surface area contributed by atoms with Crippen molar-refractivity contribution in [3.8, 4) is 11.1 Å². The fourth-order valence-corrected chi connectivity index (χ4v) is 5.73. The molecule has 2 aliphatic heterocycles. The number of rotatable bonds is 8. The maximum absolute atomic E-state index is 13.3. The number of amidine groups is 1. The molecule has 0 saturated carbocycles. The summed E-state index contributed by atoms with van der Waals surface area (Å²) in [6.07, 6.45) is 3.46. The zero-order valence-electron chi connectivity index (χ0n) is 23.8. The first kappa shape index (κ1) is 28.3. The average Bonchev–Trinajstić information content (AvgIpc) is 3.29. The second-order valence-electron chi connectivity index (χ2n) is 10.9. The van der Waals surface area contributed by atoms with Crippen LogP contribution >= 0.6 is 0 Å². The Labute approximate surface area is 242 Å². The predicted molar refractivity (Wildman–Crippen MR) is 164 cm³/mol. The lowest BCUT2D eigenvalue weighted by atomic mass is 9.96. The SMILES string of the molecule is CCCN(CCC)C(=O)C1=Cc2ccc(-c3ccc(C(=O)N4CC(O)C(c5ccccc5)C4)cc3)cc2N=C(N)C1. The standard InChI is InChI=1S/C34H38N4O3/c1-3-16-37(17-4-2)34(41)28-18-27-15-14-26(19-30(27)36-32(35)20-28)23-10-12-25(13-11-23)33(40)38-21-29(31(39)22-38)24-8-6-5-7-9-24/h5-15,18-19,29,31,39H,3-4,16-17,20-22H2,1-2H3,(H2,35,36). The van der Waals surface area contributed by atoms with E-state index in [1.807, 2.05) is 83.8 Å². The topological polar surface area (TPSA) is 99.2 Å². The lowest BCUT2D eigenvalue weighted by Gasteiger charge is -2.22. The monoisotopic (exact) mass is 550 g/mol. The van der Waals surface area contributed by atoms with Crippen molar-refractivity contribution in [3.63, 3.8) is 0 Å². The van der Waals surface area contributed by atoms with E-state index < -0.39 is 6.10 Å². The van der Waals surface area contributed by atoms with Gasteiger partial charge in [-0.05, 0) is 53.8 Å². The Bertz CT molecular complexity index is 1460. The first-order chi connectivity index (χ1) is 19.9. The molecule has 5 rings (SSSR count). The maximum atomic E-state index is 13.3. The molecule has 0 spiro atoms. The minimum atomic E-state index is -0.584. The largest absolute Gasteiger partial charge is 0.391 e. The van der Waals surface area contributed by atoms with Crippen LogP contribution in [0.1, 0.15) is 60.5 Å². The lowest BCUT2D eigenvalue weighted by molar-refractivity contribution is -0.127. The second kappa shape index (κ2) is 12.5. The van der Waals surface area contributed by atoms with Gasteiger partial charge in [0.25, 0.3) is 5.91 Å². The second-order valence-corrected chi connectivity index (χ2v) is 10.9. The van der Waals surface area contributed by atoms with Crippen molar-refractivity contribution in [1.82, 2.24) is 9.80 Å². The summed E-state index contributed by atoms with van der Waals surface area (Å²) >= 11 is 0. The fourth-order valence-electron chi connectivity index (χ4n) is 5.73. The van der Waals surface area contributed by atoms with Gasteiger partial charge in [-0.25, -0.2) is 4.99 Å². The average molecular weight is 551 g/mol. The third kappa shape index (κ3) is 6.25. The molecule has 212 valence electrons. The van der Waals surface area contributed by atoms with Crippen LogP contribution in [-0.2, 0) is 4.79 Å². The molecule has 2 amide bonds. The number of nitrogens with zero attached hydrogens (tertiary/aromatic N) is 3. The van der Waals surface area contributed by atoms with Crippen LogP contribution in [-0.4, -0.2) is 64.8 Å². The summed E-state index contributed by atoms with van der Waals surface area (Å²) in [6, 6.07) is 23.3. The van der Waals surface area contributed by atoms with E-state index in [0.717, 1.165) is 53.9 Å². The number of carbonyl (C=O) groups is 2. The van der Waals surface area contributed by atoms with Crippen molar-refractivity contribution in [2.45, 2.75) is 45.1 Å². The highest BCUT2D eigenvalue weighted by Gasteiger charge is 2.35. The molecule has 3 aromatic rings. The van der Waals surface area contributed by atoms with Crippen molar-refractivity contribution >= 4 is 29.4 Å². The van der Waals surface area contributed by atoms with Crippen LogP contribution in [0.15, 0.2) is 83.4 Å². The van der Waals surface area contributed by atoms with Gasteiger partial charge in [0.1, 0.15) is 5.84 Å². The number of fused-ring (bicyclic) bond motifs is 1. The predicted octanol–water partition coefficient (Wildman–Crippen LogP) is 5.38. The summed E-state index contributed by atoms with van der Waals surface area (Å²) in [7, 11) is 0. The fraction of sp³-hybridized carbons (Fsp3) is 0.324. The number of nitrogens with two attached hydrogens (primary N) is 1. The van der Waals surface area contributed by atoms with E-state index in [9.17, 15) is 14.7 Å². The minimum Gasteiger partial charge on any atom is -0.391 e. The van der Waals surface area contributed by atoms with E-state index in [1.54, 1.807) is 4.90 Å². The Morgan fingerprint density at radius 2 is 1.63 bits per heavy atom. The molecule has 2 unspecified atom stereocenters. The van der Waals surface area contributed by atoms with Crippen LogP contribution in [0, 0.1) is 0 Å². The number of likely N-dealkylation sites (tertiary alicyclic amines) is 1. The maximum Gasteiger partial charge on any atom is 0.253 e. The van der Waals surface area contributed by atoms with Gasteiger partial charge in [-0.3, -0.25) is 9.59 Å². The number of benzene rings is 3. The number of aliphatic hydroxyl groups is 1. The highest BCUT2D eigenvalue weighted by atomic mass is 16.3. The molecular weight excluding hydrogens is 512 g/mol. The zero-order valence-corrected chi connectivity index (χ0v) is 23.8. The first-order valence-electron chi connectivity index (χ1n) is 14.5. The Balaban J connectivity index is 1.33. The normalized spacial score (nSPS) is 18.3. The number of aliphatic imine (C=N–C) groups is 1. The van der Waals surface area contributed by atoms with Crippen LogP contribution in [0.2, 0.25) is 0 Å². The summed E-state index contributed by atoms with van der Waals surface area (Å²) in [4.78, 5) is 34.8. The van der Waals surface area contributed by atoms with Gasteiger partial charge in [-0.1, -0.05) is 68.4 Å². The van der Waals surface area contributed by atoms with Gasteiger partial charge in [0.05, 0.1) is 11.8 Å². The molecule has 2 atom stereocenters. The van der Waals surface area contributed by atoms with Gasteiger partial charge < -0.3 is 20.6 Å². The molecule has 0 radical (unpaired) electrons. The van der Waals surface area contributed by atoms with Gasteiger partial charge in [-0.15, -0.1) is 0 Å². The number of aliphatic hydroxyl groups excluding tert-OH is 1. The molecule has 0 aromatic heterocycles. The van der Waals surface area contributed by atoms with Gasteiger partial charge in [0, 0.05) is 55.2 Å². The Kier molecular flexibility index (Phi) is 8.64. The Hall–Kier alpha value is -4.23. The number of amides is 2. The Morgan fingerprint density at radius 3 is 2.32 bits per heavy atom. The number of β-amino-alcohol motifs (C(OH)–C–C–N with tert-alkyl or cyclic N) is 1. The van der Waals surface area contributed by atoms with E-state index in [2.05, 4.69) is 18.8 Å². The molecule has 1 saturated heterocycles. The van der Waals surface area contributed by atoms with E-state index in [1.165, 1.54) is 0 Å². The zero-order chi connectivity index (χ0) is 28.9. The molecule has 3 N–H and O–H groups in total. The van der Waals surface area contributed by atoms with Gasteiger partial charge >= 0.3 is 0 Å². The third-order valence-electron chi connectivity index (χ3n) is 7.81. The molecule has 3 aromatic carbocycles.